The van der Waals surface area contributed by atoms with Gasteiger partial charge in [-0.3, -0.25) is 4.79 Å². The number of ether oxygens (including phenoxy) is 1. The van der Waals surface area contributed by atoms with Crippen molar-refractivity contribution in [1.82, 2.24) is 0 Å². The summed E-state index contributed by atoms with van der Waals surface area (Å²) < 4.78 is 10.8. The normalized spacial score (nSPS) is 10.8. The maximum atomic E-state index is 12.5. The lowest BCUT2D eigenvalue weighted by Gasteiger charge is -2.01. The SMILES string of the molecule is COc1cc(Cl)cc2cc(C(=O)c3ccccc3Cl)oc12. The lowest BCUT2D eigenvalue weighted by Crippen LogP contribution is -1.99. The van der Waals surface area contributed by atoms with E-state index in [1.54, 1.807) is 42.5 Å². The van der Waals surface area contributed by atoms with Gasteiger partial charge in [0, 0.05) is 22.0 Å². The molecule has 5 heteroatoms. The van der Waals surface area contributed by atoms with Gasteiger partial charge < -0.3 is 9.15 Å². The molecule has 0 saturated heterocycles. The summed E-state index contributed by atoms with van der Waals surface area (Å²) >= 11 is 12.0. The largest absolute Gasteiger partial charge is 0.493 e. The molecular weight excluding hydrogens is 311 g/mol. The number of carbonyl (C=O) groups is 1. The van der Waals surface area contributed by atoms with Crippen LogP contribution in [0.2, 0.25) is 10.0 Å². The summed E-state index contributed by atoms with van der Waals surface area (Å²) in [6, 6.07) is 11.8. The standard InChI is InChI=1S/C16H10Cl2O3/c1-20-14-8-10(17)6-9-7-13(21-16(9)14)15(19)11-4-2-3-5-12(11)18/h2-8H,1H3. The molecule has 0 saturated carbocycles. The number of hydrogen-bond acceptors (Lipinski definition) is 3. The number of halogens is 2. The van der Waals surface area contributed by atoms with Gasteiger partial charge in [-0.05, 0) is 24.3 Å². The van der Waals surface area contributed by atoms with Crippen LogP contribution < -0.4 is 4.74 Å². The third-order valence-electron chi connectivity index (χ3n) is 3.11. The molecule has 0 amide bonds. The summed E-state index contributed by atoms with van der Waals surface area (Å²) in [7, 11) is 1.52. The number of fused-ring (bicyclic) bond motifs is 1. The number of carbonyl (C=O) groups excluding carboxylic acids is 1. The minimum Gasteiger partial charge on any atom is -0.493 e. The van der Waals surface area contributed by atoms with Gasteiger partial charge in [-0.25, -0.2) is 0 Å². The zero-order valence-electron chi connectivity index (χ0n) is 11.0. The Morgan fingerprint density at radius 1 is 1.14 bits per heavy atom. The van der Waals surface area contributed by atoms with Gasteiger partial charge in [0.15, 0.2) is 17.1 Å². The Hall–Kier alpha value is -1.97. The molecule has 3 nitrogen and oxygen atoms in total. The number of benzene rings is 2. The molecule has 0 aliphatic rings. The van der Waals surface area contributed by atoms with E-state index in [-0.39, 0.29) is 11.5 Å². The molecule has 0 spiro atoms. The average molecular weight is 321 g/mol. The molecule has 0 aliphatic carbocycles. The van der Waals surface area contributed by atoms with Crippen molar-refractivity contribution in [2.75, 3.05) is 7.11 Å². The van der Waals surface area contributed by atoms with Gasteiger partial charge in [-0.1, -0.05) is 35.3 Å². The van der Waals surface area contributed by atoms with Crippen molar-refractivity contribution in [1.29, 1.82) is 0 Å². The van der Waals surface area contributed by atoms with Gasteiger partial charge in [0.25, 0.3) is 0 Å². The summed E-state index contributed by atoms with van der Waals surface area (Å²) in [5.74, 6) is 0.393. The summed E-state index contributed by atoms with van der Waals surface area (Å²) in [4.78, 5) is 12.5. The molecule has 0 atom stereocenters. The van der Waals surface area contributed by atoms with Crippen LogP contribution in [0.25, 0.3) is 11.0 Å². The first-order valence-corrected chi connectivity index (χ1v) is 6.92. The number of ketones is 1. The number of hydrogen-bond donors (Lipinski definition) is 0. The topological polar surface area (TPSA) is 39.4 Å². The molecule has 1 aromatic heterocycles. The molecule has 0 unspecified atom stereocenters. The predicted octanol–water partition coefficient (Wildman–Crippen LogP) is 4.98. The van der Waals surface area contributed by atoms with Crippen LogP contribution in [0, 0.1) is 0 Å². The van der Waals surface area contributed by atoms with Crippen LogP contribution in [0.5, 0.6) is 5.75 Å². The fraction of sp³-hybridized carbons (Fsp3) is 0.0625. The predicted molar refractivity (Wildman–Crippen MR) is 82.7 cm³/mol. The van der Waals surface area contributed by atoms with Crippen LogP contribution in [0.3, 0.4) is 0 Å². The summed E-state index contributed by atoms with van der Waals surface area (Å²) in [5, 5.41) is 1.60. The molecule has 21 heavy (non-hydrogen) atoms. The summed E-state index contributed by atoms with van der Waals surface area (Å²) in [6.07, 6.45) is 0. The van der Waals surface area contributed by atoms with Crippen molar-refractivity contribution in [3.8, 4) is 5.75 Å². The zero-order valence-corrected chi connectivity index (χ0v) is 12.5. The second-order valence-electron chi connectivity index (χ2n) is 4.45. The molecular formula is C16H10Cl2O3. The maximum Gasteiger partial charge on any atom is 0.229 e. The van der Waals surface area contributed by atoms with E-state index >= 15 is 0 Å². The Kier molecular flexibility index (Phi) is 3.62. The quantitative estimate of drug-likeness (QED) is 0.639. The second kappa shape index (κ2) is 5.43. The molecule has 1 heterocycles. The first-order chi connectivity index (χ1) is 10.1. The molecule has 0 bridgehead atoms. The molecule has 0 N–H and O–H groups in total. The minimum absolute atomic E-state index is 0.193. The van der Waals surface area contributed by atoms with Gasteiger partial charge in [-0.2, -0.15) is 0 Å². The summed E-state index contributed by atoms with van der Waals surface area (Å²) in [6.45, 7) is 0. The zero-order chi connectivity index (χ0) is 15.0. The van der Waals surface area contributed by atoms with Crippen LogP contribution in [-0.2, 0) is 0 Å². The average Bonchev–Trinajstić information content (AvgIpc) is 2.90. The van der Waals surface area contributed by atoms with E-state index < -0.39 is 0 Å². The highest BCUT2D eigenvalue weighted by Crippen LogP contribution is 2.33. The van der Waals surface area contributed by atoms with E-state index in [0.29, 0.717) is 32.3 Å². The van der Waals surface area contributed by atoms with Crippen LogP contribution in [0.4, 0.5) is 0 Å². The highest BCUT2D eigenvalue weighted by atomic mass is 35.5. The van der Waals surface area contributed by atoms with Gasteiger partial charge >= 0.3 is 0 Å². The van der Waals surface area contributed by atoms with Gasteiger partial charge in [-0.15, -0.1) is 0 Å². The molecule has 106 valence electrons. The minimum atomic E-state index is -0.282. The Balaban J connectivity index is 2.14. The van der Waals surface area contributed by atoms with Crippen LogP contribution in [0.1, 0.15) is 16.1 Å². The monoisotopic (exact) mass is 320 g/mol. The van der Waals surface area contributed by atoms with Gasteiger partial charge in [0.2, 0.25) is 5.78 Å². The van der Waals surface area contributed by atoms with Crippen molar-refractivity contribution >= 4 is 40.0 Å². The third-order valence-corrected chi connectivity index (χ3v) is 3.66. The first kappa shape index (κ1) is 14.0. The van der Waals surface area contributed by atoms with E-state index in [4.69, 9.17) is 32.4 Å². The number of methoxy groups -OCH3 is 1. The van der Waals surface area contributed by atoms with Crippen LogP contribution in [-0.4, -0.2) is 12.9 Å². The highest BCUT2D eigenvalue weighted by Gasteiger charge is 2.19. The van der Waals surface area contributed by atoms with E-state index in [1.165, 1.54) is 7.11 Å². The molecule has 2 aromatic carbocycles. The van der Waals surface area contributed by atoms with Crippen LogP contribution in [0.15, 0.2) is 46.9 Å². The molecule has 3 rings (SSSR count). The highest BCUT2D eigenvalue weighted by molar-refractivity contribution is 6.35. The molecule has 3 aromatic rings. The number of furan rings is 1. The third kappa shape index (κ3) is 2.50. The lowest BCUT2D eigenvalue weighted by atomic mass is 10.1. The molecule has 0 radical (unpaired) electrons. The molecule has 0 aliphatic heterocycles. The van der Waals surface area contributed by atoms with Crippen molar-refractivity contribution in [3.05, 3.63) is 63.8 Å². The first-order valence-electron chi connectivity index (χ1n) is 6.16. The Morgan fingerprint density at radius 2 is 1.90 bits per heavy atom. The van der Waals surface area contributed by atoms with Crippen molar-refractivity contribution in [2.24, 2.45) is 0 Å². The summed E-state index contributed by atoms with van der Waals surface area (Å²) in [5.41, 5.74) is 0.876. The maximum absolute atomic E-state index is 12.5. The van der Waals surface area contributed by atoms with Gasteiger partial charge in [0.05, 0.1) is 12.1 Å². The van der Waals surface area contributed by atoms with E-state index in [1.807, 2.05) is 0 Å². The lowest BCUT2D eigenvalue weighted by molar-refractivity contribution is 0.101. The second-order valence-corrected chi connectivity index (χ2v) is 5.29. The van der Waals surface area contributed by atoms with Crippen molar-refractivity contribution in [2.45, 2.75) is 0 Å². The number of rotatable bonds is 3. The Labute approximate surface area is 131 Å². The Morgan fingerprint density at radius 3 is 2.62 bits per heavy atom. The smallest absolute Gasteiger partial charge is 0.229 e. The van der Waals surface area contributed by atoms with Gasteiger partial charge in [0.1, 0.15) is 0 Å². The molecule has 0 fully saturated rings. The van der Waals surface area contributed by atoms with E-state index in [9.17, 15) is 4.79 Å². The fourth-order valence-electron chi connectivity index (χ4n) is 2.13. The van der Waals surface area contributed by atoms with E-state index in [2.05, 4.69) is 0 Å². The fourth-order valence-corrected chi connectivity index (χ4v) is 2.57. The van der Waals surface area contributed by atoms with Crippen molar-refractivity contribution in [3.63, 3.8) is 0 Å². The van der Waals surface area contributed by atoms with Crippen LogP contribution >= 0.6 is 23.2 Å². The Bertz CT molecular complexity index is 837. The van der Waals surface area contributed by atoms with E-state index in [0.717, 1.165) is 0 Å². The van der Waals surface area contributed by atoms with Crippen molar-refractivity contribution < 1.29 is 13.9 Å².